The molecule has 1 heterocycles. The van der Waals surface area contributed by atoms with E-state index in [0.717, 1.165) is 26.9 Å². The van der Waals surface area contributed by atoms with Gasteiger partial charge in [-0.15, -0.1) is 0 Å². The van der Waals surface area contributed by atoms with E-state index in [0.29, 0.717) is 10.6 Å². The first kappa shape index (κ1) is 23.1. The van der Waals surface area contributed by atoms with E-state index in [1.807, 2.05) is 30.3 Å². The van der Waals surface area contributed by atoms with Gasteiger partial charge in [-0.25, -0.2) is 9.18 Å². The highest BCUT2D eigenvalue weighted by atomic mass is 35.5. The molecule has 0 fully saturated rings. The molecule has 0 spiro atoms. The second-order valence-electron chi connectivity index (χ2n) is 7.61. The Kier molecular flexibility index (Phi) is 6.70. The zero-order valence-corrected chi connectivity index (χ0v) is 18.9. The number of hydrogen-bond acceptors (Lipinski definition) is 4. The summed E-state index contributed by atoms with van der Waals surface area (Å²) in [5, 5.41) is 7.16. The molecule has 0 saturated heterocycles. The predicted molar refractivity (Wildman–Crippen MR) is 127 cm³/mol. The topological polar surface area (TPSA) is 86.0 Å². The minimum Gasteiger partial charge on any atom is -0.344 e. The highest BCUT2D eigenvalue weighted by Gasteiger charge is 2.22. The van der Waals surface area contributed by atoms with Crippen LogP contribution in [0.25, 0.3) is 5.69 Å². The average Bonchev–Trinajstić information content (AvgIpc) is 2.84. The van der Waals surface area contributed by atoms with E-state index >= 15 is 0 Å². The van der Waals surface area contributed by atoms with Crippen molar-refractivity contribution in [3.8, 4) is 5.69 Å². The first-order chi connectivity index (χ1) is 16.3. The molecule has 4 aromatic rings. The molecule has 0 aliphatic heterocycles. The number of nitrogens with zero attached hydrogens (tertiary/aromatic N) is 3. The zero-order valence-electron chi connectivity index (χ0n) is 18.1. The minimum atomic E-state index is -0.860. The molecule has 1 amide bonds. The second-order valence-corrected chi connectivity index (χ2v) is 8.02. The molecule has 9 heteroatoms. The van der Waals surface area contributed by atoms with E-state index in [2.05, 4.69) is 10.4 Å². The van der Waals surface area contributed by atoms with Crippen molar-refractivity contribution in [3.05, 3.63) is 127 Å². The van der Waals surface area contributed by atoms with Crippen LogP contribution < -0.4 is 16.6 Å². The number of amides is 1. The van der Waals surface area contributed by atoms with Gasteiger partial charge in [-0.1, -0.05) is 60.1 Å². The molecule has 0 saturated carbocycles. The summed E-state index contributed by atoms with van der Waals surface area (Å²) < 4.78 is 15.2. The number of benzene rings is 3. The maximum absolute atomic E-state index is 13.4. The van der Waals surface area contributed by atoms with Crippen molar-refractivity contribution in [2.24, 2.45) is 0 Å². The van der Waals surface area contributed by atoms with Crippen LogP contribution in [0, 0.1) is 5.82 Å². The van der Waals surface area contributed by atoms with Gasteiger partial charge < -0.3 is 5.32 Å². The Morgan fingerprint density at radius 3 is 2.32 bits per heavy atom. The Morgan fingerprint density at radius 2 is 1.65 bits per heavy atom. The summed E-state index contributed by atoms with van der Waals surface area (Å²) in [6, 6.07) is 20.5. The number of carbonyl (C=O) groups excluding carboxylic acids is 1. The van der Waals surface area contributed by atoms with Crippen molar-refractivity contribution >= 4 is 17.5 Å². The molecule has 0 bridgehead atoms. The average molecular weight is 479 g/mol. The van der Waals surface area contributed by atoms with Gasteiger partial charge in [0.05, 0.1) is 18.3 Å². The van der Waals surface area contributed by atoms with Gasteiger partial charge in [-0.05, 0) is 48.4 Å². The van der Waals surface area contributed by atoms with Crippen LogP contribution in [0.3, 0.4) is 0 Å². The first-order valence-corrected chi connectivity index (χ1v) is 10.8. The molecular weight excluding hydrogens is 459 g/mol. The fraction of sp³-hybridized carbons (Fsp3) is 0.120. The van der Waals surface area contributed by atoms with Crippen LogP contribution in [-0.2, 0) is 6.54 Å². The van der Waals surface area contributed by atoms with Crippen LogP contribution in [-0.4, -0.2) is 20.3 Å². The summed E-state index contributed by atoms with van der Waals surface area (Å²) >= 11 is 6.23. The van der Waals surface area contributed by atoms with Crippen LogP contribution in [0.4, 0.5) is 4.39 Å². The van der Waals surface area contributed by atoms with E-state index in [9.17, 15) is 18.8 Å². The van der Waals surface area contributed by atoms with E-state index in [-0.39, 0.29) is 12.2 Å². The highest BCUT2D eigenvalue weighted by Crippen LogP contribution is 2.15. The van der Waals surface area contributed by atoms with E-state index in [4.69, 9.17) is 11.6 Å². The maximum atomic E-state index is 13.4. The van der Waals surface area contributed by atoms with Gasteiger partial charge in [0.15, 0.2) is 0 Å². The van der Waals surface area contributed by atoms with Crippen LogP contribution in [0.2, 0.25) is 5.02 Å². The summed E-state index contributed by atoms with van der Waals surface area (Å²) in [6.45, 7) is 1.60. The molecule has 1 atom stereocenters. The lowest BCUT2D eigenvalue weighted by atomic mass is 10.1. The molecule has 7 nitrogen and oxygen atoms in total. The van der Waals surface area contributed by atoms with Crippen LogP contribution >= 0.6 is 11.6 Å². The number of rotatable bonds is 6. The van der Waals surface area contributed by atoms with Gasteiger partial charge in [0.2, 0.25) is 5.69 Å². The molecule has 0 aliphatic carbocycles. The van der Waals surface area contributed by atoms with E-state index in [1.54, 1.807) is 31.2 Å². The Balaban J connectivity index is 1.82. The fourth-order valence-electron chi connectivity index (χ4n) is 3.43. The van der Waals surface area contributed by atoms with Crippen molar-refractivity contribution in [3.63, 3.8) is 0 Å². The summed E-state index contributed by atoms with van der Waals surface area (Å²) in [4.78, 5) is 39.5. The number of nitrogens with one attached hydrogen (secondary N) is 1. The molecule has 172 valence electrons. The minimum absolute atomic E-state index is 0.171. The molecule has 3 aromatic carbocycles. The number of carbonyl (C=O) groups is 1. The summed E-state index contributed by atoms with van der Waals surface area (Å²) in [5.41, 5.74) is -0.572. The molecule has 4 rings (SSSR count). The summed E-state index contributed by atoms with van der Waals surface area (Å²) in [6.07, 6.45) is 0. The number of hydrogen-bond donors (Lipinski definition) is 1. The van der Waals surface area contributed by atoms with Crippen molar-refractivity contribution in [2.45, 2.75) is 19.5 Å². The fourth-order valence-corrected chi connectivity index (χ4v) is 3.63. The monoisotopic (exact) mass is 478 g/mol. The van der Waals surface area contributed by atoms with Crippen molar-refractivity contribution in [1.82, 2.24) is 19.7 Å². The largest absolute Gasteiger partial charge is 0.352 e. The molecule has 0 aliphatic rings. The lowest BCUT2D eigenvalue weighted by Gasteiger charge is -2.16. The first-order valence-electron chi connectivity index (χ1n) is 10.4. The molecule has 0 unspecified atom stereocenters. The lowest BCUT2D eigenvalue weighted by molar-refractivity contribution is 0.0930. The lowest BCUT2D eigenvalue weighted by Crippen LogP contribution is -2.46. The Bertz CT molecular complexity index is 1450. The van der Waals surface area contributed by atoms with Crippen molar-refractivity contribution in [2.75, 3.05) is 0 Å². The van der Waals surface area contributed by atoms with E-state index in [1.165, 1.54) is 12.1 Å². The van der Waals surface area contributed by atoms with Crippen LogP contribution in [0.5, 0.6) is 0 Å². The predicted octanol–water partition coefficient (Wildman–Crippen LogP) is 3.73. The van der Waals surface area contributed by atoms with Gasteiger partial charge in [-0.3, -0.25) is 14.2 Å². The highest BCUT2D eigenvalue weighted by molar-refractivity contribution is 6.31. The molecule has 34 heavy (non-hydrogen) atoms. The normalized spacial score (nSPS) is 11.7. The smallest absolute Gasteiger partial charge is 0.344 e. The third kappa shape index (κ3) is 4.82. The Hall–Kier alpha value is -4.04. The van der Waals surface area contributed by atoms with E-state index < -0.39 is 34.7 Å². The van der Waals surface area contributed by atoms with Crippen LogP contribution in [0.1, 0.15) is 34.6 Å². The summed E-state index contributed by atoms with van der Waals surface area (Å²) in [5.74, 6) is -1.25. The molecule has 1 aromatic heterocycles. The Labute approximate surface area is 199 Å². The SMILES string of the molecule is C[C@H](NC(=O)c1nn(-c2ccc(F)cc2)c(=O)n(Cc2ccccc2Cl)c1=O)c1ccccc1. The number of aromatic nitrogens is 3. The maximum Gasteiger partial charge on any atom is 0.352 e. The number of halogens is 2. The second kappa shape index (κ2) is 9.84. The zero-order chi connectivity index (χ0) is 24.2. The summed E-state index contributed by atoms with van der Waals surface area (Å²) in [7, 11) is 0. The quantitative estimate of drug-likeness (QED) is 0.457. The standard InChI is InChI=1S/C25H20ClFN4O3/c1-16(17-7-3-2-4-8-17)28-23(32)22-24(33)30(15-18-9-5-6-10-21(18)26)25(34)31(29-22)20-13-11-19(27)12-14-20/h2-14,16H,15H2,1H3,(H,28,32)/t16-/m0/s1. The molecule has 1 N–H and O–H groups in total. The van der Waals surface area contributed by atoms with Gasteiger partial charge in [-0.2, -0.15) is 9.78 Å². The van der Waals surface area contributed by atoms with Gasteiger partial charge in [0.1, 0.15) is 5.82 Å². The van der Waals surface area contributed by atoms with Gasteiger partial charge in [0.25, 0.3) is 11.5 Å². The van der Waals surface area contributed by atoms with Crippen molar-refractivity contribution < 1.29 is 9.18 Å². The third-order valence-electron chi connectivity index (χ3n) is 5.28. The molecule has 0 radical (unpaired) electrons. The Morgan fingerprint density at radius 1 is 1.00 bits per heavy atom. The van der Waals surface area contributed by atoms with Gasteiger partial charge in [0, 0.05) is 5.02 Å². The van der Waals surface area contributed by atoms with Crippen LogP contribution in [0.15, 0.2) is 88.5 Å². The molecular formula is C25H20ClFN4O3. The third-order valence-corrected chi connectivity index (χ3v) is 5.65. The van der Waals surface area contributed by atoms with Gasteiger partial charge >= 0.3 is 5.69 Å². The van der Waals surface area contributed by atoms with Crippen molar-refractivity contribution in [1.29, 1.82) is 0 Å².